The van der Waals surface area contributed by atoms with Crippen molar-refractivity contribution in [3.05, 3.63) is 29.3 Å². The Morgan fingerprint density at radius 2 is 2.08 bits per heavy atom. The van der Waals surface area contributed by atoms with E-state index < -0.39 is 0 Å². The second-order valence-corrected chi connectivity index (χ2v) is 4.23. The van der Waals surface area contributed by atoms with Crippen molar-refractivity contribution in [3.63, 3.8) is 0 Å². The third kappa shape index (κ3) is 3.14. The van der Waals surface area contributed by atoms with Crippen LogP contribution in [0, 0.1) is 6.07 Å². The second-order valence-electron chi connectivity index (χ2n) is 3.80. The molecule has 0 saturated carbocycles. The maximum absolute atomic E-state index is 5.81. The van der Waals surface area contributed by atoms with Gasteiger partial charge in [0.2, 0.25) is 0 Å². The van der Waals surface area contributed by atoms with Crippen molar-refractivity contribution in [3.8, 4) is 0 Å². The number of nitrogens with one attached hydrogen (secondary N) is 1. The lowest BCUT2D eigenvalue weighted by molar-refractivity contribution is 0.634. The highest BCUT2D eigenvalue weighted by molar-refractivity contribution is 6.30. The van der Waals surface area contributed by atoms with Gasteiger partial charge >= 0.3 is 0 Å². The molecule has 0 atom stereocenters. The van der Waals surface area contributed by atoms with E-state index in [2.05, 4.69) is 32.2 Å². The maximum atomic E-state index is 5.81. The van der Waals surface area contributed by atoms with Gasteiger partial charge in [-0.2, -0.15) is 0 Å². The fourth-order valence-electron chi connectivity index (χ4n) is 0.915. The van der Waals surface area contributed by atoms with Crippen LogP contribution in [0.25, 0.3) is 0 Å². The van der Waals surface area contributed by atoms with E-state index in [0.717, 1.165) is 10.7 Å². The molecule has 12 heavy (non-hydrogen) atoms. The molecule has 0 spiro atoms. The average molecular weight is 183 g/mol. The zero-order valence-electron chi connectivity index (χ0n) is 7.61. The van der Waals surface area contributed by atoms with Crippen LogP contribution in [0.3, 0.4) is 0 Å². The number of anilines is 1. The van der Waals surface area contributed by atoms with Crippen LogP contribution in [0.2, 0.25) is 5.02 Å². The van der Waals surface area contributed by atoms with Gasteiger partial charge in [0.15, 0.2) is 0 Å². The quantitative estimate of drug-likeness (QED) is 0.703. The summed E-state index contributed by atoms with van der Waals surface area (Å²) in [4.78, 5) is 0. The van der Waals surface area contributed by atoms with E-state index in [0.29, 0.717) is 0 Å². The monoisotopic (exact) mass is 182 g/mol. The lowest BCUT2D eigenvalue weighted by Crippen LogP contribution is -2.25. The topological polar surface area (TPSA) is 12.0 Å². The van der Waals surface area contributed by atoms with Crippen LogP contribution in [-0.2, 0) is 0 Å². The van der Waals surface area contributed by atoms with Gasteiger partial charge in [0.1, 0.15) is 0 Å². The molecule has 0 aliphatic heterocycles. The van der Waals surface area contributed by atoms with E-state index in [-0.39, 0.29) is 5.54 Å². The lowest BCUT2D eigenvalue weighted by atomic mass is 10.1. The normalized spacial score (nSPS) is 11.3. The van der Waals surface area contributed by atoms with E-state index in [1.54, 1.807) is 0 Å². The van der Waals surface area contributed by atoms with E-state index >= 15 is 0 Å². The number of halogens is 1. The van der Waals surface area contributed by atoms with Crippen molar-refractivity contribution in [2.45, 2.75) is 26.3 Å². The predicted molar refractivity (Wildman–Crippen MR) is 53.7 cm³/mol. The Bertz CT molecular complexity index is 263. The summed E-state index contributed by atoms with van der Waals surface area (Å²) in [7, 11) is 0. The van der Waals surface area contributed by atoms with Gasteiger partial charge in [0.05, 0.1) is 0 Å². The van der Waals surface area contributed by atoms with Crippen LogP contribution in [0.15, 0.2) is 18.2 Å². The summed E-state index contributed by atoms with van der Waals surface area (Å²) in [6.07, 6.45) is 0. The molecule has 1 radical (unpaired) electrons. The molecule has 1 rings (SSSR count). The SMILES string of the molecule is CC(C)(C)Nc1[c]ccc(Cl)c1. The van der Waals surface area contributed by atoms with Crippen LogP contribution < -0.4 is 5.32 Å². The van der Waals surface area contributed by atoms with Crippen molar-refractivity contribution in [1.29, 1.82) is 0 Å². The van der Waals surface area contributed by atoms with Crippen molar-refractivity contribution in [1.82, 2.24) is 0 Å². The fraction of sp³-hybridized carbons (Fsp3) is 0.400. The molecule has 1 aromatic rings. The van der Waals surface area contributed by atoms with Gasteiger partial charge in [-0.05, 0) is 32.9 Å². The van der Waals surface area contributed by atoms with E-state index in [9.17, 15) is 0 Å². The van der Waals surface area contributed by atoms with E-state index in [1.165, 1.54) is 0 Å². The zero-order chi connectivity index (χ0) is 9.19. The smallest absolute Gasteiger partial charge is 0.0439 e. The summed E-state index contributed by atoms with van der Waals surface area (Å²) in [5, 5.41) is 4.02. The fourth-order valence-corrected chi connectivity index (χ4v) is 1.09. The molecule has 1 nitrogen and oxygen atoms in total. The minimum Gasteiger partial charge on any atom is -0.380 e. The standard InChI is InChI=1S/C10H13ClN/c1-10(2,3)12-9-6-4-5-8(11)7-9/h4-5,7,12H,1-3H3. The van der Waals surface area contributed by atoms with Gasteiger partial charge in [-0.25, -0.2) is 0 Å². The largest absolute Gasteiger partial charge is 0.380 e. The summed E-state index contributed by atoms with van der Waals surface area (Å²) in [5.41, 5.74) is 0.997. The van der Waals surface area contributed by atoms with Crippen LogP contribution in [-0.4, -0.2) is 5.54 Å². The van der Waals surface area contributed by atoms with Gasteiger partial charge in [-0.15, -0.1) is 0 Å². The molecule has 0 aliphatic rings. The lowest BCUT2D eigenvalue weighted by Gasteiger charge is -2.21. The highest BCUT2D eigenvalue weighted by Gasteiger charge is 2.08. The molecule has 0 aromatic heterocycles. The molecular weight excluding hydrogens is 170 g/mol. The highest BCUT2D eigenvalue weighted by atomic mass is 35.5. The Hall–Kier alpha value is -0.690. The molecular formula is C10H13ClN. The van der Waals surface area contributed by atoms with Gasteiger partial charge < -0.3 is 5.32 Å². The van der Waals surface area contributed by atoms with Crippen LogP contribution in [0.4, 0.5) is 5.69 Å². The van der Waals surface area contributed by atoms with Crippen LogP contribution in [0.1, 0.15) is 20.8 Å². The summed E-state index contributed by atoms with van der Waals surface area (Å²) in [5.74, 6) is 0. The molecule has 0 saturated heterocycles. The maximum Gasteiger partial charge on any atom is 0.0439 e. The Morgan fingerprint density at radius 3 is 2.58 bits per heavy atom. The van der Waals surface area contributed by atoms with Gasteiger partial charge in [0.25, 0.3) is 0 Å². The summed E-state index contributed by atoms with van der Waals surface area (Å²) >= 11 is 5.81. The van der Waals surface area contributed by atoms with Gasteiger partial charge in [0, 0.05) is 22.3 Å². The van der Waals surface area contributed by atoms with Crippen molar-refractivity contribution >= 4 is 17.3 Å². The molecule has 0 amide bonds. The molecule has 0 bridgehead atoms. The minimum absolute atomic E-state index is 0.0567. The van der Waals surface area contributed by atoms with E-state index in [4.69, 9.17) is 11.6 Å². The zero-order valence-corrected chi connectivity index (χ0v) is 8.37. The Morgan fingerprint density at radius 1 is 1.42 bits per heavy atom. The first kappa shape index (κ1) is 9.40. The Balaban J connectivity index is 2.77. The minimum atomic E-state index is 0.0567. The molecule has 0 aliphatic carbocycles. The molecule has 1 aromatic carbocycles. The molecule has 0 heterocycles. The Labute approximate surface area is 78.7 Å². The number of hydrogen-bond acceptors (Lipinski definition) is 1. The second kappa shape index (κ2) is 3.36. The molecule has 0 fully saturated rings. The third-order valence-electron chi connectivity index (χ3n) is 1.27. The molecule has 65 valence electrons. The Kier molecular flexibility index (Phi) is 2.63. The summed E-state index contributed by atoms with van der Waals surface area (Å²) in [6.45, 7) is 6.30. The van der Waals surface area contributed by atoms with Crippen LogP contribution in [0.5, 0.6) is 0 Å². The first-order chi connectivity index (χ1) is 5.47. The van der Waals surface area contributed by atoms with Gasteiger partial charge in [-0.1, -0.05) is 17.7 Å². The summed E-state index contributed by atoms with van der Waals surface area (Å²) in [6, 6.07) is 8.57. The van der Waals surface area contributed by atoms with Crippen molar-refractivity contribution in [2.75, 3.05) is 5.32 Å². The summed E-state index contributed by atoms with van der Waals surface area (Å²) < 4.78 is 0. The molecule has 1 N–H and O–H groups in total. The predicted octanol–water partition coefficient (Wildman–Crippen LogP) is 3.35. The molecule has 2 heteroatoms. The van der Waals surface area contributed by atoms with E-state index in [1.807, 2.05) is 18.2 Å². The number of hydrogen-bond donors (Lipinski definition) is 1. The average Bonchev–Trinajstić information content (AvgIpc) is 1.82. The first-order valence-corrected chi connectivity index (χ1v) is 4.30. The number of rotatable bonds is 1. The third-order valence-corrected chi connectivity index (χ3v) is 1.51. The number of benzene rings is 1. The van der Waals surface area contributed by atoms with Crippen LogP contribution >= 0.6 is 11.6 Å². The van der Waals surface area contributed by atoms with Gasteiger partial charge in [-0.3, -0.25) is 0 Å². The molecule has 0 unspecified atom stereocenters. The van der Waals surface area contributed by atoms with Crippen molar-refractivity contribution < 1.29 is 0 Å². The first-order valence-electron chi connectivity index (χ1n) is 3.93. The van der Waals surface area contributed by atoms with Crippen molar-refractivity contribution in [2.24, 2.45) is 0 Å². The highest BCUT2D eigenvalue weighted by Crippen LogP contribution is 2.17.